The number of hydrogen-bond donors (Lipinski definition) is 0. The van der Waals surface area contributed by atoms with Gasteiger partial charge >= 0.3 is 0 Å². The first-order chi connectivity index (χ1) is 19.6. The number of piperazine rings is 1. The maximum Gasteiger partial charge on any atom is 0.257 e. The fourth-order valence-corrected chi connectivity index (χ4v) is 6.37. The van der Waals surface area contributed by atoms with Gasteiger partial charge in [-0.05, 0) is 17.0 Å². The molecule has 0 spiro atoms. The monoisotopic (exact) mass is 547 g/mol. The maximum atomic E-state index is 13.8. The molecule has 1 fully saturated rings. The topological polar surface area (TPSA) is 54.3 Å². The van der Waals surface area contributed by atoms with E-state index in [0.29, 0.717) is 18.7 Å². The van der Waals surface area contributed by atoms with Crippen molar-refractivity contribution in [3.8, 4) is 16.4 Å². The number of aromatic nitrogens is 3. The summed E-state index contributed by atoms with van der Waals surface area (Å²) in [5.74, 6) is 0.165. The van der Waals surface area contributed by atoms with Crippen LogP contribution in [0.5, 0.6) is 0 Å². The van der Waals surface area contributed by atoms with Crippen molar-refractivity contribution < 1.29 is 4.79 Å². The van der Waals surface area contributed by atoms with Crippen molar-refractivity contribution in [2.24, 2.45) is 0 Å². The van der Waals surface area contributed by atoms with Crippen LogP contribution in [0.1, 0.15) is 53.0 Å². The zero-order valence-corrected chi connectivity index (χ0v) is 23.7. The van der Waals surface area contributed by atoms with E-state index in [0.717, 1.165) is 35.2 Å². The minimum Gasteiger partial charge on any atom is -0.336 e. The molecule has 2 aromatic heterocycles. The van der Waals surface area contributed by atoms with Crippen LogP contribution in [-0.4, -0.2) is 56.7 Å². The van der Waals surface area contributed by atoms with Crippen molar-refractivity contribution in [2.75, 3.05) is 26.2 Å². The van der Waals surface area contributed by atoms with Crippen LogP contribution >= 0.6 is 11.3 Å². The minimum atomic E-state index is 0.0467. The largest absolute Gasteiger partial charge is 0.336 e. The molecule has 0 unspecified atom stereocenters. The van der Waals surface area contributed by atoms with Gasteiger partial charge in [0, 0.05) is 37.1 Å². The summed E-state index contributed by atoms with van der Waals surface area (Å²) in [5.41, 5.74) is 6.11. The Morgan fingerprint density at radius 1 is 0.800 bits per heavy atom. The van der Waals surface area contributed by atoms with E-state index in [2.05, 4.69) is 96.6 Å². The molecule has 3 aromatic carbocycles. The third-order valence-electron chi connectivity index (χ3n) is 7.52. The summed E-state index contributed by atoms with van der Waals surface area (Å²) in [7, 11) is 0. The number of carbonyl (C=O) groups excluding carboxylic acids is 1. The summed E-state index contributed by atoms with van der Waals surface area (Å²) in [6, 6.07) is 31.6. The van der Waals surface area contributed by atoms with E-state index in [4.69, 9.17) is 4.98 Å². The smallest absolute Gasteiger partial charge is 0.257 e. The van der Waals surface area contributed by atoms with Gasteiger partial charge < -0.3 is 4.90 Å². The predicted octanol–water partition coefficient (Wildman–Crippen LogP) is 6.67. The van der Waals surface area contributed by atoms with E-state index in [1.54, 1.807) is 17.5 Å². The molecule has 6 rings (SSSR count). The Morgan fingerprint density at radius 2 is 1.38 bits per heavy atom. The molecule has 6 nitrogen and oxygen atoms in total. The van der Waals surface area contributed by atoms with Crippen molar-refractivity contribution in [2.45, 2.75) is 25.8 Å². The van der Waals surface area contributed by atoms with Crippen molar-refractivity contribution in [3.63, 3.8) is 0 Å². The molecule has 40 heavy (non-hydrogen) atoms. The predicted molar refractivity (Wildman–Crippen MR) is 161 cm³/mol. The first-order valence-corrected chi connectivity index (χ1v) is 14.7. The summed E-state index contributed by atoms with van der Waals surface area (Å²) in [5, 5.41) is 7.49. The summed E-state index contributed by atoms with van der Waals surface area (Å²) < 4.78 is 1.85. The molecule has 1 aliphatic heterocycles. The third kappa shape index (κ3) is 5.22. The molecule has 0 atom stereocenters. The Bertz CT molecular complexity index is 1510. The van der Waals surface area contributed by atoms with Crippen LogP contribution in [0.4, 0.5) is 0 Å². The number of nitrogens with zero attached hydrogens (tertiary/aromatic N) is 5. The van der Waals surface area contributed by atoms with Crippen molar-refractivity contribution >= 4 is 17.2 Å². The number of carbonyl (C=O) groups is 1. The minimum absolute atomic E-state index is 0.0467. The van der Waals surface area contributed by atoms with Crippen LogP contribution in [0.3, 0.4) is 0 Å². The Labute approximate surface area is 239 Å². The highest BCUT2D eigenvalue weighted by Gasteiger charge is 2.31. The summed E-state index contributed by atoms with van der Waals surface area (Å²) in [6.45, 7) is 7.17. The Morgan fingerprint density at radius 3 is 1.95 bits per heavy atom. The second-order valence-corrected chi connectivity index (χ2v) is 11.3. The summed E-state index contributed by atoms with van der Waals surface area (Å²) >= 11 is 1.55. The molecule has 0 aliphatic carbocycles. The second-order valence-electron chi connectivity index (χ2n) is 10.4. The zero-order chi connectivity index (χ0) is 27.5. The van der Waals surface area contributed by atoms with Gasteiger partial charge in [0.1, 0.15) is 0 Å². The third-order valence-corrected chi connectivity index (χ3v) is 8.34. The quantitative estimate of drug-likeness (QED) is 0.228. The van der Waals surface area contributed by atoms with Crippen LogP contribution in [0.15, 0.2) is 103 Å². The highest BCUT2D eigenvalue weighted by molar-refractivity contribution is 7.12. The number of hydrogen-bond acceptors (Lipinski definition) is 5. The molecule has 0 radical (unpaired) electrons. The van der Waals surface area contributed by atoms with Gasteiger partial charge in [0.15, 0.2) is 0 Å². The average Bonchev–Trinajstić information content (AvgIpc) is 3.67. The fourth-order valence-electron chi connectivity index (χ4n) is 5.57. The van der Waals surface area contributed by atoms with Gasteiger partial charge in [0.05, 0.1) is 29.2 Å². The van der Waals surface area contributed by atoms with Gasteiger partial charge in [-0.15, -0.1) is 11.3 Å². The number of thiazole rings is 1. The molecular formula is C33H33N5OS. The normalized spacial score (nSPS) is 14.2. The van der Waals surface area contributed by atoms with E-state index in [9.17, 15) is 4.79 Å². The lowest BCUT2D eigenvalue weighted by Gasteiger charge is -2.39. The van der Waals surface area contributed by atoms with Crippen LogP contribution < -0.4 is 0 Å². The molecule has 1 amide bonds. The van der Waals surface area contributed by atoms with E-state index in [1.165, 1.54) is 11.1 Å². The number of amides is 1. The second kappa shape index (κ2) is 11.6. The molecular weight excluding hydrogens is 514 g/mol. The molecule has 0 saturated carbocycles. The van der Waals surface area contributed by atoms with E-state index in [-0.39, 0.29) is 17.9 Å². The molecule has 202 valence electrons. The highest BCUT2D eigenvalue weighted by Crippen LogP contribution is 2.31. The Kier molecular flexibility index (Phi) is 7.58. The van der Waals surface area contributed by atoms with E-state index in [1.807, 2.05) is 33.2 Å². The lowest BCUT2D eigenvalue weighted by Crippen LogP contribution is -2.50. The molecule has 0 bridgehead atoms. The van der Waals surface area contributed by atoms with E-state index < -0.39 is 0 Å². The number of benzene rings is 3. The molecule has 3 heterocycles. The summed E-state index contributed by atoms with van der Waals surface area (Å²) in [6.07, 6.45) is 1.73. The molecule has 5 aromatic rings. The molecule has 1 aliphatic rings. The molecule has 0 N–H and O–H groups in total. The van der Waals surface area contributed by atoms with Crippen LogP contribution in [-0.2, 0) is 0 Å². The molecule has 1 saturated heterocycles. The van der Waals surface area contributed by atoms with Crippen LogP contribution in [0.25, 0.3) is 16.4 Å². The fraction of sp³-hybridized carbons (Fsp3) is 0.242. The SMILES string of the molecule is CC(C)c1c(C(=O)N2CCN(C(c3ccccc3)c3ccccc3)CC2)cnn1-c1nc(-c2ccccc2)cs1. The van der Waals surface area contributed by atoms with Gasteiger partial charge in [-0.2, -0.15) is 5.10 Å². The van der Waals surface area contributed by atoms with Crippen molar-refractivity contribution in [1.82, 2.24) is 24.6 Å². The van der Waals surface area contributed by atoms with Gasteiger partial charge in [0.2, 0.25) is 5.13 Å². The number of rotatable bonds is 7. The maximum absolute atomic E-state index is 13.8. The van der Waals surface area contributed by atoms with Crippen molar-refractivity contribution in [3.05, 3.63) is 125 Å². The van der Waals surface area contributed by atoms with Gasteiger partial charge in [-0.25, -0.2) is 9.67 Å². The summed E-state index contributed by atoms with van der Waals surface area (Å²) in [4.78, 5) is 23.2. The Balaban J connectivity index is 1.22. The molecule has 7 heteroatoms. The first kappa shape index (κ1) is 26.2. The first-order valence-electron chi connectivity index (χ1n) is 13.8. The van der Waals surface area contributed by atoms with E-state index >= 15 is 0 Å². The Hall–Kier alpha value is -4.07. The van der Waals surface area contributed by atoms with Crippen LogP contribution in [0.2, 0.25) is 0 Å². The zero-order valence-electron chi connectivity index (χ0n) is 22.9. The van der Waals surface area contributed by atoms with Crippen molar-refractivity contribution in [1.29, 1.82) is 0 Å². The van der Waals surface area contributed by atoms with Gasteiger partial charge in [0.25, 0.3) is 5.91 Å². The lowest BCUT2D eigenvalue weighted by molar-refractivity contribution is 0.0596. The average molecular weight is 548 g/mol. The standard InChI is InChI=1S/C33H33N5OS/c1-24(2)30-28(22-34-38(30)33-35-29(23-40-33)25-12-6-3-7-13-25)32(39)37-20-18-36(19-21-37)31(26-14-8-4-9-15-26)27-16-10-5-11-17-27/h3-17,22-24,31H,18-21H2,1-2H3. The highest BCUT2D eigenvalue weighted by atomic mass is 32.1. The van der Waals surface area contributed by atoms with Gasteiger partial charge in [-0.1, -0.05) is 105 Å². The van der Waals surface area contributed by atoms with Gasteiger partial charge in [-0.3, -0.25) is 9.69 Å². The lowest BCUT2D eigenvalue weighted by atomic mass is 9.96. The van der Waals surface area contributed by atoms with Crippen LogP contribution in [0, 0.1) is 0 Å².